The van der Waals surface area contributed by atoms with Gasteiger partial charge in [-0.2, -0.15) is 0 Å². The number of amides is 1. The van der Waals surface area contributed by atoms with E-state index in [4.69, 9.17) is 16.3 Å². The molecule has 1 aromatic carbocycles. The molecule has 5 nitrogen and oxygen atoms in total. The molecule has 3 rings (SSSR count). The normalized spacial score (nSPS) is 18.3. The van der Waals surface area contributed by atoms with Crippen LogP contribution in [0, 0.1) is 6.92 Å². The van der Waals surface area contributed by atoms with E-state index in [2.05, 4.69) is 30.3 Å². The van der Waals surface area contributed by atoms with Crippen molar-refractivity contribution in [2.75, 3.05) is 29.4 Å². The van der Waals surface area contributed by atoms with Crippen LogP contribution in [0.15, 0.2) is 49.2 Å². The molecular weight excluding hydrogens is 398 g/mol. The Hall–Kier alpha value is -2.37. The summed E-state index contributed by atoms with van der Waals surface area (Å²) in [5.74, 6) is -0.193. The molecule has 0 saturated carbocycles. The largest absolute Gasteiger partial charge is 0.372 e. The highest BCUT2D eigenvalue weighted by Gasteiger charge is 2.24. The SMILES string of the molecule is C=CCN(C(=O)c1nccc(Cl)c1C)c1ccc(N2CC(C)OC(C)C2)cc1.CC. The fraction of sp³-hybridized carbons (Fsp3) is 0.417. The highest BCUT2D eigenvalue weighted by Crippen LogP contribution is 2.26. The Bertz CT molecular complexity index is 844. The van der Waals surface area contributed by atoms with Crippen LogP contribution in [-0.2, 0) is 4.74 Å². The molecule has 2 unspecified atom stereocenters. The molecule has 1 aliphatic rings. The standard InChI is InChI=1S/C22H26ClN3O2.C2H6/c1-5-12-26(22(27)21-17(4)20(23)10-11-24-21)19-8-6-18(7-9-19)25-13-15(2)28-16(3)14-25;1-2/h5-11,15-16H,1,12-14H2,2-4H3;1-2H3. The van der Waals surface area contributed by atoms with Gasteiger partial charge in [-0.05, 0) is 56.7 Å². The molecule has 2 atom stereocenters. The quantitative estimate of drug-likeness (QED) is 0.587. The van der Waals surface area contributed by atoms with Crippen LogP contribution < -0.4 is 9.80 Å². The Morgan fingerprint density at radius 3 is 2.40 bits per heavy atom. The van der Waals surface area contributed by atoms with Crippen molar-refractivity contribution in [1.82, 2.24) is 4.98 Å². The molecule has 1 fully saturated rings. The predicted molar refractivity (Wildman–Crippen MR) is 126 cm³/mol. The van der Waals surface area contributed by atoms with Gasteiger partial charge in [0.2, 0.25) is 0 Å². The van der Waals surface area contributed by atoms with E-state index in [1.807, 2.05) is 38.1 Å². The second-order valence-corrected chi connectivity index (χ2v) is 7.56. The third-order valence-electron chi connectivity index (χ3n) is 4.84. The summed E-state index contributed by atoms with van der Waals surface area (Å²) in [6.45, 7) is 15.9. The number of ether oxygens (including phenoxy) is 1. The molecule has 0 N–H and O–H groups in total. The lowest BCUT2D eigenvalue weighted by Crippen LogP contribution is -2.45. The number of pyridine rings is 1. The van der Waals surface area contributed by atoms with Crippen molar-refractivity contribution < 1.29 is 9.53 Å². The van der Waals surface area contributed by atoms with E-state index in [0.29, 0.717) is 22.8 Å². The Morgan fingerprint density at radius 1 is 1.23 bits per heavy atom. The van der Waals surface area contributed by atoms with E-state index in [1.165, 1.54) is 0 Å². The smallest absolute Gasteiger partial charge is 0.277 e. The number of carbonyl (C=O) groups excluding carboxylic acids is 1. The van der Waals surface area contributed by atoms with Crippen LogP contribution in [0.25, 0.3) is 0 Å². The third-order valence-corrected chi connectivity index (χ3v) is 5.25. The van der Waals surface area contributed by atoms with Gasteiger partial charge in [-0.3, -0.25) is 9.78 Å². The van der Waals surface area contributed by atoms with Crippen LogP contribution in [0.5, 0.6) is 0 Å². The Balaban J connectivity index is 0.00000155. The summed E-state index contributed by atoms with van der Waals surface area (Å²) in [5, 5.41) is 0.530. The van der Waals surface area contributed by atoms with Gasteiger partial charge in [0.1, 0.15) is 5.69 Å². The predicted octanol–water partition coefficient (Wildman–Crippen LogP) is 5.52. The number of rotatable bonds is 5. The van der Waals surface area contributed by atoms with Gasteiger partial charge in [0.15, 0.2) is 0 Å². The Kier molecular flexibility index (Phi) is 8.88. The zero-order valence-electron chi connectivity index (χ0n) is 18.6. The summed E-state index contributed by atoms with van der Waals surface area (Å²) < 4.78 is 5.81. The minimum absolute atomic E-state index is 0.193. The average Bonchev–Trinajstić information content (AvgIpc) is 2.74. The molecule has 1 aliphatic heterocycles. The third kappa shape index (κ3) is 5.61. The summed E-state index contributed by atoms with van der Waals surface area (Å²) in [5.41, 5.74) is 2.95. The number of carbonyl (C=O) groups is 1. The number of morpholine rings is 1. The van der Waals surface area contributed by atoms with Crippen LogP contribution >= 0.6 is 11.6 Å². The van der Waals surface area contributed by atoms with Gasteiger partial charge in [-0.15, -0.1) is 6.58 Å². The first-order chi connectivity index (χ1) is 14.4. The van der Waals surface area contributed by atoms with Gasteiger partial charge < -0.3 is 14.5 Å². The van der Waals surface area contributed by atoms with Gasteiger partial charge >= 0.3 is 0 Å². The van der Waals surface area contributed by atoms with Crippen LogP contribution in [0.3, 0.4) is 0 Å². The van der Waals surface area contributed by atoms with Gasteiger partial charge in [0.05, 0.1) is 12.2 Å². The Morgan fingerprint density at radius 2 is 1.83 bits per heavy atom. The maximum absolute atomic E-state index is 13.1. The van der Waals surface area contributed by atoms with Crippen LogP contribution in [0.2, 0.25) is 5.02 Å². The number of aromatic nitrogens is 1. The van der Waals surface area contributed by atoms with Crippen LogP contribution in [-0.4, -0.2) is 42.7 Å². The van der Waals surface area contributed by atoms with Crippen LogP contribution in [0.4, 0.5) is 11.4 Å². The van der Waals surface area contributed by atoms with Crippen molar-refractivity contribution in [3.8, 4) is 0 Å². The topological polar surface area (TPSA) is 45.7 Å². The molecule has 1 saturated heterocycles. The summed E-state index contributed by atoms with van der Waals surface area (Å²) in [7, 11) is 0. The monoisotopic (exact) mass is 429 g/mol. The van der Waals surface area contributed by atoms with E-state index in [9.17, 15) is 4.79 Å². The number of anilines is 2. The molecule has 0 spiro atoms. The van der Waals surface area contributed by atoms with Crippen LogP contribution in [0.1, 0.15) is 43.7 Å². The summed E-state index contributed by atoms with van der Waals surface area (Å²) in [6, 6.07) is 9.69. The first-order valence-electron chi connectivity index (χ1n) is 10.4. The van der Waals surface area contributed by atoms with E-state index >= 15 is 0 Å². The van der Waals surface area contributed by atoms with E-state index in [0.717, 1.165) is 24.5 Å². The summed E-state index contributed by atoms with van der Waals surface area (Å²) in [4.78, 5) is 21.3. The second kappa shape index (κ2) is 11.1. The van der Waals surface area contributed by atoms with E-state index < -0.39 is 0 Å². The van der Waals surface area contributed by atoms with Crippen molar-refractivity contribution >= 4 is 28.9 Å². The highest BCUT2D eigenvalue weighted by molar-refractivity contribution is 6.31. The zero-order valence-corrected chi connectivity index (χ0v) is 19.3. The molecule has 1 aromatic heterocycles. The van der Waals surface area contributed by atoms with Crippen molar-refractivity contribution in [3.63, 3.8) is 0 Å². The minimum atomic E-state index is -0.193. The minimum Gasteiger partial charge on any atom is -0.372 e. The number of hydrogen-bond donors (Lipinski definition) is 0. The molecular formula is C24H32ClN3O2. The molecule has 6 heteroatoms. The molecule has 30 heavy (non-hydrogen) atoms. The van der Waals surface area contributed by atoms with Crippen molar-refractivity contribution in [2.24, 2.45) is 0 Å². The number of benzene rings is 1. The zero-order chi connectivity index (χ0) is 22.3. The molecule has 0 aliphatic carbocycles. The first-order valence-corrected chi connectivity index (χ1v) is 10.8. The maximum Gasteiger partial charge on any atom is 0.277 e. The van der Waals surface area contributed by atoms with E-state index in [1.54, 1.807) is 30.2 Å². The maximum atomic E-state index is 13.1. The van der Waals surface area contributed by atoms with Gasteiger partial charge in [0.25, 0.3) is 5.91 Å². The van der Waals surface area contributed by atoms with E-state index in [-0.39, 0.29) is 18.1 Å². The summed E-state index contributed by atoms with van der Waals surface area (Å²) >= 11 is 6.17. The Labute approximate surface area is 185 Å². The fourth-order valence-electron chi connectivity index (χ4n) is 3.52. The number of halogens is 1. The molecule has 0 radical (unpaired) electrons. The van der Waals surface area contributed by atoms with Crippen molar-refractivity contribution in [2.45, 2.75) is 46.8 Å². The molecule has 2 aromatic rings. The molecule has 162 valence electrons. The highest BCUT2D eigenvalue weighted by atomic mass is 35.5. The molecule has 0 bridgehead atoms. The van der Waals surface area contributed by atoms with Crippen molar-refractivity contribution in [3.05, 3.63) is 65.5 Å². The summed E-state index contributed by atoms with van der Waals surface area (Å²) in [6.07, 6.45) is 3.65. The molecule has 2 heterocycles. The van der Waals surface area contributed by atoms with Gasteiger partial charge in [-0.25, -0.2) is 0 Å². The van der Waals surface area contributed by atoms with Gasteiger partial charge in [-0.1, -0.05) is 31.5 Å². The molecule has 1 amide bonds. The van der Waals surface area contributed by atoms with Crippen molar-refractivity contribution in [1.29, 1.82) is 0 Å². The lowest BCUT2D eigenvalue weighted by atomic mass is 10.1. The van der Waals surface area contributed by atoms with Gasteiger partial charge in [0, 0.05) is 42.2 Å². The number of hydrogen-bond acceptors (Lipinski definition) is 4. The lowest BCUT2D eigenvalue weighted by Gasteiger charge is -2.37. The lowest BCUT2D eigenvalue weighted by molar-refractivity contribution is -0.00521. The average molecular weight is 430 g/mol. The first kappa shape index (κ1) is 23.9. The number of nitrogens with zero attached hydrogens (tertiary/aromatic N) is 3. The fourth-order valence-corrected chi connectivity index (χ4v) is 3.67. The second-order valence-electron chi connectivity index (χ2n) is 7.15.